The second-order valence-electron chi connectivity index (χ2n) is 7.17. The predicted octanol–water partition coefficient (Wildman–Crippen LogP) is 4.64. The topological polar surface area (TPSA) is 58.6 Å². The molecule has 1 saturated heterocycles. The van der Waals surface area contributed by atoms with Crippen molar-refractivity contribution in [3.63, 3.8) is 0 Å². The monoisotopic (exact) mass is 337 g/mol. The van der Waals surface area contributed by atoms with Crippen LogP contribution in [0.5, 0.6) is 0 Å². The third-order valence-electron chi connectivity index (χ3n) is 5.60. The number of nitrogens with one attached hydrogen (secondary N) is 1. The lowest BCUT2D eigenvalue weighted by Crippen LogP contribution is -2.36. The standard InChI is InChI=1S/C21H23NO3/c1-12-10-17-18(11-13(12)2)22-19(16-4-3-9-25-20(16)17)14-5-7-15(8-6-14)21(23)24/h5-8,10-11,16,19-20,22H,3-4,9H2,1-2H3,(H,23,24). The van der Waals surface area contributed by atoms with Crippen LogP contribution in [0, 0.1) is 19.8 Å². The summed E-state index contributed by atoms with van der Waals surface area (Å²) < 4.78 is 6.18. The zero-order valence-electron chi connectivity index (χ0n) is 14.6. The number of carbonyl (C=O) groups is 1. The van der Waals surface area contributed by atoms with E-state index in [0.717, 1.165) is 30.7 Å². The van der Waals surface area contributed by atoms with Crippen LogP contribution in [0.15, 0.2) is 36.4 Å². The summed E-state index contributed by atoms with van der Waals surface area (Å²) in [5, 5.41) is 12.8. The molecule has 0 aromatic heterocycles. The zero-order chi connectivity index (χ0) is 17.6. The van der Waals surface area contributed by atoms with Gasteiger partial charge in [0.1, 0.15) is 0 Å². The fraction of sp³-hybridized carbons (Fsp3) is 0.381. The third-order valence-corrected chi connectivity index (χ3v) is 5.60. The number of benzene rings is 2. The molecule has 0 amide bonds. The number of carboxylic acid groups (broad SMARTS) is 1. The lowest BCUT2D eigenvalue weighted by atomic mass is 9.77. The first-order valence-electron chi connectivity index (χ1n) is 8.87. The third kappa shape index (κ3) is 2.81. The van der Waals surface area contributed by atoms with E-state index in [9.17, 15) is 4.79 Å². The predicted molar refractivity (Wildman–Crippen MR) is 97.1 cm³/mol. The summed E-state index contributed by atoms with van der Waals surface area (Å²) >= 11 is 0. The number of fused-ring (bicyclic) bond motifs is 3. The van der Waals surface area contributed by atoms with Crippen LogP contribution in [-0.2, 0) is 4.74 Å². The molecule has 130 valence electrons. The molecule has 3 atom stereocenters. The number of carboxylic acids is 1. The van der Waals surface area contributed by atoms with E-state index in [2.05, 4.69) is 31.3 Å². The van der Waals surface area contributed by atoms with Crippen molar-refractivity contribution in [1.29, 1.82) is 0 Å². The molecule has 1 fully saturated rings. The van der Waals surface area contributed by atoms with Gasteiger partial charge in [0.15, 0.2) is 0 Å². The summed E-state index contributed by atoms with van der Waals surface area (Å²) in [6.45, 7) is 5.07. The minimum absolute atomic E-state index is 0.105. The summed E-state index contributed by atoms with van der Waals surface area (Å²) in [7, 11) is 0. The molecule has 2 heterocycles. The number of aromatic carboxylic acids is 1. The Morgan fingerprint density at radius 2 is 1.88 bits per heavy atom. The largest absolute Gasteiger partial charge is 0.478 e. The van der Waals surface area contributed by atoms with Crippen LogP contribution in [0.2, 0.25) is 0 Å². The van der Waals surface area contributed by atoms with Gasteiger partial charge in [0.25, 0.3) is 0 Å². The minimum Gasteiger partial charge on any atom is -0.478 e. The lowest BCUT2D eigenvalue weighted by molar-refractivity contribution is -0.0381. The number of rotatable bonds is 2. The Kier molecular flexibility index (Phi) is 4.00. The molecule has 0 saturated carbocycles. The smallest absolute Gasteiger partial charge is 0.335 e. The van der Waals surface area contributed by atoms with Crippen molar-refractivity contribution in [2.24, 2.45) is 5.92 Å². The van der Waals surface area contributed by atoms with Gasteiger partial charge >= 0.3 is 5.97 Å². The highest BCUT2D eigenvalue weighted by molar-refractivity contribution is 5.87. The molecule has 2 aliphatic rings. The molecular weight excluding hydrogens is 314 g/mol. The molecule has 0 spiro atoms. The van der Waals surface area contributed by atoms with Crippen molar-refractivity contribution >= 4 is 11.7 Å². The van der Waals surface area contributed by atoms with E-state index >= 15 is 0 Å². The molecule has 2 N–H and O–H groups in total. The van der Waals surface area contributed by atoms with Gasteiger partial charge < -0.3 is 15.2 Å². The Morgan fingerprint density at radius 1 is 1.16 bits per heavy atom. The molecule has 4 rings (SSSR count). The van der Waals surface area contributed by atoms with Gasteiger partial charge in [0.2, 0.25) is 0 Å². The highest BCUT2D eigenvalue weighted by Gasteiger charge is 2.39. The van der Waals surface area contributed by atoms with Crippen molar-refractivity contribution in [1.82, 2.24) is 0 Å². The molecule has 2 aromatic carbocycles. The molecule has 2 aliphatic heterocycles. The van der Waals surface area contributed by atoms with E-state index in [1.807, 2.05) is 12.1 Å². The van der Waals surface area contributed by atoms with E-state index in [4.69, 9.17) is 9.84 Å². The van der Waals surface area contributed by atoms with Crippen LogP contribution in [0.3, 0.4) is 0 Å². The number of ether oxygens (including phenoxy) is 1. The average Bonchev–Trinajstić information content (AvgIpc) is 2.62. The molecule has 0 radical (unpaired) electrons. The molecule has 2 aromatic rings. The van der Waals surface area contributed by atoms with E-state index in [-0.39, 0.29) is 12.1 Å². The fourth-order valence-electron chi connectivity index (χ4n) is 4.10. The SMILES string of the molecule is Cc1cc2c(cc1C)C1OCCCC1C(c1ccc(C(=O)O)cc1)N2. The van der Waals surface area contributed by atoms with Gasteiger partial charge in [0, 0.05) is 23.8 Å². The summed E-state index contributed by atoms with van der Waals surface area (Å²) in [4.78, 5) is 11.1. The molecular formula is C21H23NO3. The first-order valence-corrected chi connectivity index (χ1v) is 8.87. The van der Waals surface area contributed by atoms with Crippen LogP contribution in [0.25, 0.3) is 0 Å². The van der Waals surface area contributed by atoms with E-state index in [0.29, 0.717) is 11.5 Å². The summed E-state index contributed by atoms with van der Waals surface area (Å²) in [5.74, 6) is -0.530. The zero-order valence-corrected chi connectivity index (χ0v) is 14.6. The first kappa shape index (κ1) is 16.2. The normalized spacial score (nSPS) is 24.8. The first-order chi connectivity index (χ1) is 12.0. The van der Waals surface area contributed by atoms with Crippen LogP contribution < -0.4 is 5.32 Å². The van der Waals surface area contributed by atoms with Gasteiger partial charge in [-0.15, -0.1) is 0 Å². The summed E-state index contributed by atoms with van der Waals surface area (Å²) in [6.07, 6.45) is 2.27. The molecule has 3 unspecified atom stereocenters. The second-order valence-corrected chi connectivity index (χ2v) is 7.17. The van der Waals surface area contributed by atoms with Gasteiger partial charge in [0.05, 0.1) is 17.7 Å². The maximum atomic E-state index is 11.1. The van der Waals surface area contributed by atoms with Crippen LogP contribution in [-0.4, -0.2) is 17.7 Å². The highest BCUT2D eigenvalue weighted by Crippen LogP contribution is 2.49. The van der Waals surface area contributed by atoms with Crippen LogP contribution in [0.4, 0.5) is 5.69 Å². The van der Waals surface area contributed by atoms with Crippen molar-refractivity contribution in [3.05, 3.63) is 64.2 Å². The molecule has 4 heteroatoms. The Morgan fingerprint density at radius 3 is 2.60 bits per heavy atom. The van der Waals surface area contributed by atoms with E-state index < -0.39 is 5.97 Å². The number of anilines is 1. The minimum atomic E-state index is -0.890. The highest BCUT2D eigenvalue weighted by atomic mass is 16.5. The van der Waals surface area contributed by atoms with E-state index in [1.165, 1.54) is 16.7 Å². The van der Waals surface area contributed by atoms with Crippen molar-refractivity contribution in [2.45, 2.75) is 38.8 Å². The number of hydrogen-bond acceptors (Lipinski definition) is 3. The maximum Gasteiger partial charge on any atom is 0.335 e. The lowest BCUT2D eigenvalue weighted by Gasteiger charge is -2.43. The summed E-state index contributed by atoms with van der Waals surface area (Å²) in [6, 6.07) is 11.8. The Bertz CT molecular complexity index is 813. The quantitative estimate of drug-likeness (QED) is 0.838. The van der Waals surface area contributed by atoms with Gasteiger partial charge in [-0.2, -0.15) is 0 Å². The van der Waals surface area contributed by atoms with Gasteiger partial charge in [-0.05, 0) is 61.6 Å². The van der Waals surface area contributed by atoms with Crippen molar-refractivity contribution < 1.29 is 14.6 Å². The van der Waals surface area contributed by atoms with Crippen LogP contribution in [0.1, 0.15) is 57.6 Å². The van der Waals surface area contributed by atoms with Gasteiger partial charge in [-0.25, -0.2) is 4.79 Å². The van der Waals surface area contributed by atoms with Crippen molar-refractivity contribution in [2.75, 3.05) is 11.9 Å². The van der Waals surface area contributed by atoms with E-state index in [1.54, 1.807) is 12.1 Å². The fourth-order valence-corrected chi connectivity index (χ4v) is 4.10. The Labute approximate surface area is 147 Å². The maximum absolute atomic E-state index is 11.1. The van der Waals surface area contributed by atoms with Gasteiger partial charge in [-0.3, -0.25) is 0 Å². The second kappa shape index (κ2) is 6.19. The average molecular weight is 337 g/mol. The summed E-state index contributed by atoms with van der Waals surface area (Å²) in [5.41, 5.74) is 6.39. The molecule has 25 heavy (non-hydrogen) atoms. The Hall–Kier alpha value is -2.33. The molecule has 4 nitrogen and oxygen atoms in total. The number of aryl methyl sites for hydroxylation is 2. The van der Waals surface area contributed by atoms with Crippen LogP contribution >= 0.6 is 0 Å². The number of hydrogen-bond donors (Lipinski definition) is 2. The van der Waals surface area contributed by atoms with Gasteiger partial charge in [-0.1, -0.05) is 18.2 Å². The van der Waals surface area contributed by atoms with Crippen molar-refractivity contribution in [3.8, 4) is 0 Å². The molecule has 0 aliphatic carbocycles. The molecule has 0 bridgehead atoms. The Balaban J connectivity index is 1.75.